The predicted octanol–water partition coefficient (Wildman–Crippen LogP) is -0.347. The van der Waals surface area contributed by atoms with E-state index in [0.29, 0.717) is 6.61 Å². The molecule has 0 unspecified atom stereocenters. The second kappa shape index (κ2) is 6.27. The van der Waals surface area contributed by atoms with Crippen LogP contribution in [0.2, 0.25) is 0 Å². The third-order valence-corrected chi connectivity index (χ3v) is 0.348. The molecule has 0 fully saturated rings. The average Bonchev–Trinajstić information content (AvgIpc) is 1.35. The molecule has 0 saturated carbocycles. The van der Waals surface area contributed by atoms with E-state index in [-0.39, 0.29) is 29.9 Å². The topological polar surface area (TPSA) is 26.3 Å². The maximum atomic E-state index is 9.82. The summed E-state index contributed by atoms with van der Waals surface area (Å²) in [6.07, 6.45) is 0. The molecular formula is C4H10O2Sn. The zero-order valence-corrected chi connectivity index (χ0v) is 8.77. The Kier molecular flexibility index (Phi) is 9.21. The predicted molar refractivity (Wildman–Crippen MR) is 30.9 cm³/mol. The minimum absolute atomic E-state index is 0. The Balaban J connectivity index is 0. The number of esters is 1. The maximum absolute atomic E-state index is 9.82. The van der Waals surface area contributed by atoms with Crippen molar-refractivity contribution in [2.24, 2.45) is 0 Å². The third kappa shape index (κ3) is 10.7. The molecule has 0 amide bonds. The fourth-order valence-corrected chi connectivity index (χ4v) is 0.203. The summed E-state index contributed by atoms with van der Waals surface area (Å²) in [5.41, 5.74) is 0. The van der Waals surface area contributed by atoms with E-state index in [9.17, 15) is 4.79 Å². The summed E-state index contributed by atoms with van der Waals surface area (Å²) in [6.45, 7) is 3.65. The molecule has 0 rings (SSSR count). The quantitative estimate of drug-likeness (QED) is 0.435. The fraction of sp³-hybridized carbons (Fsp3) is 0.750. The van der Waals surface area contributed by atoms with Gasteiger partial charge in [0.2, 0.25) is 0 Å². The van der Waals surface area contributed by atoms with Crippen molar-refractivity contribution in [3.8, 4) is 0 Å². The summed E-state index contributed by atoms with van der Waals surface area (Å²) < 4.78 is 4.40. The standard InChI is InChI=1S/C4H8O2.Sn.2H/c1-3-6-4(2)5;;;/h3H2,1-2H3;;;. The number of ether oxygens (including phenoxy) is 1. The zero-order valence-electron chi connectivity index (χ0n) is 4.73. The van der Waals surface area contributed by atoms with Crippen LogP contribution in [0.4, 0.5) is 0 Å². The molecule has 2 nitrogen and oxygen atoms in total. The van der Waals surface area contributed by atoms with Crippen molar-refractivity contribution in [2.75, 3.05) is 6.61 Å². The third-order valence-electron chi connectivity index (χ3n) is 0.348. The average molecular weight is 209 g/mol. The van der Waals surface area contributed by atoms with Crippen LogP contribution in [0.5, 0.6) is 0 Å². The Labute approximate surface area is 60.2 Å². The van der Waals surface area contributed by atoms with Crippen LogP contribution in [0.25, 0.3) is 0 Å². The van der Waals surface area contributed by atoms with Crippen LogP contribution in [-0.2, 0) is 9.53 Å². The van der Waals surface area contributed by atoms with Crippen LogP contribution in [-0.4, -0.2) is 36.5 Å². The summed E-state index contributed by atoms with van der Waals surface area (Å²) in [6, 6.07) is 0. The molecule has 2 radical (unpaired) electrons. The molecule has 0 N–H and O–H groups in total. The minimum atomic E-state index is -0.211. The van der Waals surface area contributed by atoms with E-state index in [1.165, 1.54) is 6.92 Å². The summed E-state index contributed by atoms with van der Waals surface area (Å²) >= 11 is 0. The first kappa shape index (κ1) is 10.3. The van der Waals surface area contributed by atoms with Crippen LogP contribution in [0.1, 0.15) is 13.8 Å². The molecule has 0 saturated heterocycles. The van der Waals surface area contributed by atoms with Crippen molar-refractivity contribution in [3.05, 3.63) is 0 Å². The Morgan fingerprint density at radius 3 is 2.14 bits per heavy atom. The van der Waals surface area contributed by atoms with Gasteiger partial charge in [-0.05, 0) is 6.92 Å². The van der Waals surface area contributed by atoms with Gasteiger partial charge in [-0.2, -0.15) is 0 Å². The molecule has 0 bridgehead atoms. The van der Waals surface area contributed by atoms with Gasteiger partial charge in [-0.1, -0.05) is 0 Å². The monoisotopic (exact) mass is 210 g/mol. The number of rotatable bonds is 1. The van der Waals surface area contributed by atoms with Crippen molar-refractivity contribution in [1.29, 1.82) is 0 Å². The normalized spacial score (nSPS) is 6.57. The summed E-state index contributed by atoms with van der Waals surface area (Å²) in [7, 11) is 0. The van der Waals surface area contributed by atoms with Crippen LogP contribution < -0.4 is 0 Å². The van der Waals surface area contributed by atoms with Crippen molar-refractivity contribution in [3.63, 3.8) is 0 Å². The van der Waals surface area contributed by atoms with E-state index < -0.39 is 0 Å². The summed E-state index contributed by atoms with van der Waals surface area (Å²) in [5.74, 6) is -0.211. The molecule has 0 aliphatic heterocycles. The van der Waals surface area contributed by atoms with Gasteiger partial charge in [0, 0.05) is 6.92 Å². The van der Waals surface area contributed by atoms with Crippen LogP contribution in [0.3, 0.4) is 0 Å². The first-order valence-corrected chi connectivity index (χ1v) is 1.90. The van der Waals surface area contributed by atoms with Crippen LogP contribution in [0.15, 0.2) is 0 Å². The zero-order chi connectivity index (χ0) is 4.99. The van der Waals surface area contributed by atoms with E-state index in [2.05, 4.69) is 4.74 Å². The molecule has 0 aromatic rings. The SMILES string of the molecule is CCOC(C)=O.[SnH2]. The second-order valence-corrected chi connectivity index (χ2v) is 0.925. The van der Waals surface area contributed by atoms with Gasteiger partial charge >= 0.3 is 29.9 Å². The van der Waals surface area contributed by atoms with Gasteiger partial charge in [0.15, 0.2) is 0 Å². The molecule has 0 aliphatic rings. The van der Waals surface area contributed by atoms with E-state index >= 15 is 0 Å². The van der Waals surface area contributed by atoms with Crippen LogP contribution >= 0.6 is 0 Å². The van der Waals surface area contributed by atoms with Gasteiger partial charge in [-0.15, -0.1) is 0 Å². The van der Waals surface area contributed by atoms with Gasteiger partial charge in [0.05, 0.1) is 6.61 Å². The number of carbonyl (C=O) groups excluding carboxylic acids is 1. The van der Waals surface area contributed by atoms with E-state index in [0.717, 1.165) is 0 Å². The molecule has 0 spiro atoms. The van der Waals surface area contributed by atoms with E-state index in [1.807, 2.05) is 0 Å². The Morgan fingerprint density at radius 1 is 1.71 bits per heavy atom. The first-order valence-electron chi connectivity index (χ1n) is 1.90. The van der Waals surface area contributed by atoms with Gasteiger partial charge < -0.3 is 4.74 Å². The molecule has 0 aromatic heterocycles. The van der Waals surface area contributed by atoms with Gasteiger partial charge in [0.25, 0.3) is 0 Å². The van der Waals surface area contributed by atoms with Crippen LogP contribution in [0, 0.1) is 0 Å². The van der Waals surface area contributed by atoms with Crippen molar-refractivity contribution < 1.29 is 9.53 Å². The van der Waals surface area contributed by atoms with Crippen molar-refractivity contribution in [1.82, 2.24) is 0 Å². The Bertz CT molecular complexity index is 53.7. The van der Waals surface area contributed by atoms with Gasteiger partial charge in [-0.25, -0.2) is 0 Å². The molecule has 0 heterocycles. The number of carbonyl (C=O) groups is 1. The van der Waals surface area contributed by atoms with E-state index in [4.69, 9.17) is 0 Å². The summed E-state index contributed by atoms with van der Waals surface area (Å²) in [5, 5.41) is 0. The van der Waals surface area contributed by atoms with Gasteiger partial charge in [0.1, 0.15) is 0 Å². The molecule has 7 heavy (non-hydrogen) atoms. The molecule has 3 heteroatoms. The number of hydrogen-bond donors (Lipinski definition) is 0. The molecule has 0 atom stereocenters. The van der Waals surface area contributed by atoms with E-state index in [1.54, 1.807) is 6.92 Å². The first-order chi connectivity index (χ1) is 2.77. The van der Waals surface area contributed by atoms with Gasteiger partial charge in [-0.3, -0.25) is 4.79 Å². The molecule has 42 valence electrons. The van der Waals surface area contributed by atoms with Crippen molar-refractivity contribution in [2.45, 2.75) is 13.8 Å². The molecule has 0 aromatic carbocycles. The molecular weight excluding hydrogens is 199 g/mol. The fourth-order valence-electron chi connectivity index (χ4n) is 0.203. The van der Waals surface area contributed by atoms with Crippen molar-refractivity contribution >= 4 is 29.9 Å². The Hall–Kier alpha value is 0.269. The molecule has 0 aliphatic carbocycles. The Morgan fingerprint density at radius 2 is 2.14 bits per heavy atom. The second-order valence-electron chi connectivity index (χ2n) is 0.925. The summed E-state index contributed by atoms with van der Waals surface area (Å²) in [4.78, 5) is 9.82. The number of hydrogen-bond acceptors (Lipinski definition) is 2.